The molecule has 2 N–H and O–H groups in total. The maximum Gasteiger partial charge on any atom is 0.306 e. The summed E-state index contributed by atoms with van der Waals surface area (Å²) in [7, 11) is -1.96. The maximum atomic E-state index is 11.3. The Morgan fingerprint density at radius 3 is 2.30 bits per heavy atom. The van der Waals surface area contributed by atoms with Gasteiger partial charge in [0.2, 0.25) is 0 Å². The zero-order chi connectivity index (χ0) is 25.1. The monoisotopic (exact) mass is 478 g/mol. The van der Waals surface area contributed by atoms with Gasteiger partial charge >= 0.3 is 5.97 Å². The van der Waals surface area contributed by atoms with Gasteiger partial charge < -0.3 is 19.4 Å². The van der Waals surface area contributed by atoms with Gasteiger partial charge in [-0.3, -0.25) is 4.79 Å². The zero-order valence-corrected chi connectivity index (χ0v) is 22.7. The standard InChI is InChI=1S/C27H46O5Si/c1-21(13-11-12-16-24(28)20-31-19-23-14-9-8-10-15-23)25(18-17-22(2)26(29)30)32-33(6,7)27(3,4)5/h8-10,12,14-16,21-22,24-25,28H,11,13,17-20H2,1-7H3,(H,29,30)/b16-12+/t21-,22+,24+,25-/m1/s1. The van der Waals surface area contributed by atoms with E-state index in [0.717, 1.165) is 24.8 Å². The molecule has 0 fully saturated rings. The van der Waals surface area contributed by atoms with Crippen LogP contribution in [0.5, 0.6) is 0 Å². The van der Waals surface area contributed by atoms with Gasteiger partial charge in [-0.25, -0.2) is 0 Å². The lowest BCUT2D eigenvalue weighted by atomic mass is 9.92. The molecule has 1 rings (SSSR count). The van der Waals surface area contributed by atoms with E-state index >= 15 is 0 Å². The summed E-state index contributed by atoms with van der Waals surface area (Å²) in [5.41, 5.74) is 1.09. The van der Waals surface area contributed by atoms with Crippen LogP contribution in [-0.2, 0) is 20.6 Å². The first-order valence-electron chi connectivity index (χ1n) is 12.2. The topological polar surface area (TPSA) is 76.0 Å². The molecule has 0 saturated heterocycles. The van der Waals surface area contributed by atoms with Crippen molar-refractivity contribution < 1.29 is 24.2 Å². The van der Waals surface area contributed by atoms with Crippen molar-refractivity contribution >= 4 is 14.3 Å². The van der Waals surface area contributed by atoms with Gasteiger partial charge in [0, 0.05) is 6.10 Å². The molecule has 0 heterocycles. The Labute approximate surface area is 202 Å². The summed E-state index contributed by atoms with van der Waals surface area (Å²) in [6, 6.07) is 9.92. The SMILES string of the molecule is C[C@H](CC/C=C/[C@H](O)COCc1ccccc1)[C@@H](CC[C@H](C)C(=O)O)O[Si](C)(C)C(C)(C)C. The first-order chi connectivity index (χ1) is 15.3. The summed E-state index contributed by atoms with van der Waals surface area (Å²) in [4.78, 5) is 11.3. The van der Waals surface area contributed by atoms with Crippen molar-refractivity contribution in [3.8, 4) is 0 Å². The lowest BCUT2D eigenvalue weighted by Crippen LogP contribution is -2.45. The van der Waals surface area contributed by atoms with E-state index in [1.165, 1.54) is 0 Å². The zero-order valence-electron chi connectivity index (χ0n) is 21.7. The second-order valence-electron chi connectivity index (χ2n) is 10.8. The van der Waals surface area contributed by atoms with Crippen LogP contribution in [0.25, 0.3) is 0 Å². The fourth-order valence-electron chi connectivity index (χ4n) is 3.28. The van der Waals surface area contributed by atoms with E-state index in [1.54, 1.807) is 13.0 Å². The highest BCUT2D eigenvalue weighted by Crippen LogP contribution is 2.39. The van der Waals surface area contributed by atoms with Crippen LogP contribution in [0.1, 0.15) is 65.9 Å². The molecule has 0 amide bonds. The lowest BCUT2D eigenvalue weighted by molar-refractivity contribution is -0.141. The number of carboxylic acid groups (broad SMARTS) is 1. The van der Waals surface area contributed by atoms with Gasteiger partial charge in [0.05, 0.1) is 25.2 Å². The molecule has 0 aliphatic heterocycles. The van der Waals surface area contributed by atoms with Crippen molar-refractivity contribution in [2.24, 2.45) is 11.8 Å². The van der Waals surface area contributed by atoms with E-state index in [4.69, 9.17) is 9.16 Å². The molecule has 188 valence electrons. The predicted molar refractivity (Wildman–Crippen MR) is 138 cm³/mol. The summed E-state index contributed by atoms with van der Waals surface area (Å²) in [5, 5.41) is 19.5. The average Bonchev–Trinajstić information content (AvgIpc) is 2.73. The number of aliphatic hydroxyl groups excluding tert-OH is 1. The molecule has 0 saturated carbocycles. The molecular weight excluding hydrogens is 432 g/mol. The van der Waals surface area contributed by atoms with E-state index < -0.39 is 20.4 Å². The van der Waals surface area contributed by atoms with Crippen LogP contribution in [-0.4, -0.2) is 43.3 Å². The number of aliphatic carboxylic acids is 1. The van der Waals surface area contributed by atoms with Crippen LogP contribution in [0, 0.1) is 11.8 Å². The number of carboxylic acids is 1. The number of hydrogen-bond acceptors (Lipinski definition) is 4. The number of ether oxygens (including phenoxy) is 1. The highest BCUT2D eigenvalue weighted by molar-refractivity contribution is 6.74. The number of allylic oxidation sites excluding steroid dienone is 1. The number of carbonyl (C=O) groups is 1. The molecule has 5 nitrogen and oxygen atoms in total. The second kappa shape index (κ2) is 14.0. The number of aliphatic hydroxyl groups is 1. The van der Waals surface area contributed by atoms with Gasteiger partial charge in [0.25, 0.3) is 0 Å². The quantitative estimate of drug-likeness (QED) is 0.224. The average molecular weight is 479 g/mol. The molecule has 4 atom stereocenters. The Balaban J connectivity index is 2.55. The van der Waals surface area contributed by atoms with Gasteiger partial charge in [-0.05, 0) is 55.3 Å². The van der Waals surface area contributed by atoms with Crippen molar-refractivity contribution in [1.29, 1.82) is 0 Å². The van der Waals surface area contributed by atoms with Gasteiger partial charge in [0.1, 0.15) is 0 Å². The maximum absolute atomic E-state index is 11.3. The van der Waals surface area contributed by atoms with Gasteiger partial charge in [0.15, 0.2) is 8.32 Å². The summed E-state index contributed by atoms with van der Waals surface area (Å²) >= 11 is 0. The third kappa shape index (κ3) is 11.5. The first kappa shape index (κ1) is 29.6. The van der Waals surface area contributed by atoms with E-state index in [9.17, 15) is 15.0 Å². The fourth-order valence-corrected chi connectivity index (χ4v) is 4.74. The van der Waals surface area contributed by atoms with Crippen molar-refractivity contribution in [3.63, 3.8) is 0 Å². The molecule has 1 aromatic rings. The minimum atomic E-state index is -1.96. The molecule has 0 bridgehead atoms. The van der Waals surface area contributed by atoms with Gasteiger partial charge in [-0.1, -0.05) is 77.1 Å². The summed E-state index contributed by atoms with van der Waals surface area (Å²) < 4.78 is 12.3. The Kier molecular flexibility index (Phi) is 12.6. The number of hydrogen-bond donors (Lipinski definition) is 2. The van der Waals surface area contributed by atoms with Crippen LogP contribution in [0.15, 0.2) is 42.5 Å². The fraction of sp³-hybridized carbons (Fsp3) is 0.667. The molecular formula is C27H46O5Si. The van der Waals surface area contributed by atoms with Crippen molar-refractivity contribution in [2.45, 2.75) is 97.2 Å². The van der Waals surface area contributed by atoms with Crippen molar-refractivity contribution in [2.75, 3.05) is 6.61 Å². The molecule has 0 spiro atoms. The normalized spacial score (nSPS) is 16.5. The van der Waals surface area contributed by atoms with Crippen LogP contribution < -0.4 is 0 Å². The minimum absolute atomic E-state index is 0.0419. The van der Waals surface area contributed by atoms with Crippen LogP contribution in [0.3, 0.4) is 0 Å². The predicted octanol–water partition coefficient (Wildman–Crippen LogP) is 6.43. The first-order valence-corrected chi connectivity index (χ1v) is 15.1. The van der Waals surface area contributed by atoms with Crippen LogP contribution in [0.4, 0.5) is 0 Å². The molecule has 0 radical (unpaired) electrons. The molecule has 0 aliphatic carbocycles. The van der Waals surface area contributed by atoms with Crippen LogP contribution >= 0.6 is 0 Å². The summed E-state index contributed by atoms with van der Waals surface area (Å²) in [6.45, 7) is 15.9. The molecule has 0 unspecified atom stereocenters. The number of benzene rings is 1. The van der Waals surface area contributed by atoms with E-state index in [-0.39, 0.29) is 23.7 Å². The molecule has 0 aromatic heterocycles. The Morgan fingerprint density at radius 1 is 1.09 bits per heavy atom. The van der Waals surface area contributed by atoms with Gasteiger partial charge in [-0.15, -0.1) is 0 Å². The Hall–Kier alpha value is -1.47. The summed E-state index contributed by atoms with van der Waals surface area (Å²) in [6.07, 6.45) is 6.36. The molecule has 0 aliphatic rings. The molecule has 1 aromatic carbocycles. The summed E-state index contributed by atoms with van der Waals surface area (Å²) in [5.74, 6) is -0.815. The second-order valence-corrected chi connectivity index (χ2v) is 15.5. The lowest BCUT2D eigenvalue weighted by Gasteiger charge is -2.41. The number of rotatable bonds is 15. The molecule has 33 heavy (non-hydrogen) atoms. The van der Waals surface area contributed by atoms with Crippen molar-refractivity contribution in [1.82, 2.24) is 0 Å². The Bertz CT molecular complexity index is 711. The highest BCUT2D eigenvalue weighted by atomic mass is 28.4. The van der Waals surface area contributed by atoms with E-state index in [2.05, 4.69) is 40.8 Å². The molecule has 6 heteroatoms. The van der Waals surface area contributed by atoms with Crippen LogP contribution in [0.2, 0.25) is 18.1 Å². The Morgan fingerprint density at radius 2 is 1.73 bits per heavy atom. The third-order valence-corrected chi connectivity index (χ3v) is 11.2. The third-order valence-electron chi connectivity index (χ3n) is 6.74. The van der Waals surface area contributed by atoms with E-state index in [1.807, 2.05) is 36.4 Å². The van der Waals surface area contributed by atoms with E-state index in [0.29, 0.717) is 18.9 Å². The van der Waals surface area contributed by atoms with Gasteiger partial charge in [-0.2, -0.15) is 0 Å². The largest absolute Gasteiger partial charge is 0.481 e. The smallest absolute Gasteiger partial charge is 0.306 e. The minimum Gasteiger partial charge on any atom is -0.481 e. The highest BCUT2D eigenvalue weighted by Gasteiger charge is 2.40. The van der Waals surface area contributed by atoms with Crippen molar-refractivity contribution in [3.05, 3.63) is 48.0 Å².